The van der Waals surface area contributed by atoms with Gasteiger partial charge in [0.2, 0.25) is 0 Å². The molecule has 2 aromatic carbocycles. The highest BCUT2D eigenvalue weighted by molar-refractivity contribution is 6.35. The fourth-order valence-electron chi connectivity index (χ4n) is 2.09. The van der Waals surface area contributed by atoms with E-state index in [-0.39, 0.29) is 0 Å². The molecule has 2 amide bonds. The van der Waals surface area contributed by atoms with Crippen LogP contribution >= 0.6 is 0 Å². The maximum absolute atomic E-state index is 11.6. The number of hydrogen-bond acceptors (Lipinski definition) is 4. The number of ether oxygens (including phenoxy) is 1. The van der Waals surface area contributed by atoms with Crippen LogP contribution in [0.4, 0.5) is 0 Å². The lowest BCUT2D eigenvalue weighted by Crippen LogP contribution is -2.38. The molecule has 0 heterocycles. The number of amides is 2. The quantitative estimate of drug-likeness (QED) is 0.456. The standard InChI is InChI=1S/C20H23N3O3/c1-3-12-21-19(24)20(25)23-22-13-17-6-4-5-7-18(17)26-14-16-10-8-15(2)9-11-16/h4-11,13H,3,12,14H2,1-2H3,(H,21,24)(H,23,25)/b22-13-. The minimum absolute atomic E-state index is 0.427. The molecule has 0 unspecified atom stereocenters. The molecule has 6 heteroatoms. The van der Waals surface area contributed by atoms with Gasteiger partial charge in [-0.05, 0) is 31.0 Å². The Morgan fingerprint density at radius 2 is 1.81 bits per heavy atom. The van der Waals surface area contributed by atoms with E-state index in [9.17, 15) is 9.59 Å². The second kappa shape index (κ2) is 9.98. The molecule has 26 heavy (non-hydrogen) atoms. The number of benzene rings is 2. The lowest BCUT2D eigenvalue weighted by Gasteiger charge is -2.09. The molecule has 2 rings (SSSR count). The molecule has 0 aliphatic carbocycles. The van der Waals surface area contributed by atoms with Crippen molar-refractivity contribution in [3.8, 4) is 5.75 Å². The number of nitrogens with one attached hydrogen (secondary N) is 2. The van der Waals surface area contributed by atoms with E-state index in [1.165, 1.54) is 11.8 Å². The predicted octanol–water partition coefficient (Wildman–Crippen LogP) is 2.55. The van der Waals surface area contributed by atoms with Crippen molar-refractivity contribution < 1.29 is 14.3 Å². The van der Waals surface area contributed by atoms with Crippen LogP contribution in [0, 0.1) is 6.92 Å². The molecule has 0 spiro atoms. The summed E-state index contributed by atoms with van der Waals surface area (Å²) < 4.78 is 5.84. The predicted molar refractivity (Wildman–Crippen MR) is 101 cm³/mol. The van der Waals surface area contributed by atoms with Crippen LogP contribution in [0.5, 0.6) is 5.75 Å². The molecule has 0 saturated carbocycles. The summed E-state index contributed by atoms with van der Waals surface area (Å²) >= 11 is 0. The summed E-state index contributed by atoms with van der Waals surface area (Å²) in [6, 6.07) is 15.4. The summed E-state index contributed by atoms with van der Waals surface area (Å²) in [6.07, 6.45) is 2.21. The second-order valence-electron chi connectivity index (χ2n) is 5.77. The first-order valence-electron chi connectivity index (χ1n) is 8.48. The van der Waals surface area contributed by atoms with Crippen LogP contribution in [0.15, 0.2) is 53.6 Å². The van der Waals surface area contributed by atoms with Gasteiger partial charge in [0.1, 0.15) is 12.4 Å². The average molecular weight is 353 g/mol. The van der Waals surface area contributed by atoms with Crippen molar-refractivity contribution in [3.05, 3.63) is 65.2 Å². The second-order valence-corrected chi connectivity index (χ2v) is 5.77. The van der Waals surface area contributed by atoms with Crippen LogP contribution in [0.1, 0.15) is 30.0 Å². The summed E-state index contributed by atoms with van der Waals surface area (Å²) in [5.41, 5.74) is 5.17. The first-order chi connectivity index (χ1) is 12.6. The molecule has 0 radical (unpaired) electrons. The number of carbonyl (C=O) groups is 2. The fourth-order valence-corrected chi connectivity index (χ4v) is 2.09. The third kappa shape index (κ3) is 6.05. The fraction of sp³-hybridized carbons (Fsp3) is 0.250. The lowest BCUT2D eigenvalue weighted by atomic mass is 10.1. The Kier molecular flexibility index (Phi) is 7.36. The maximum Gasteiger partial charge on any atom is 0.329 e. The van der Waals surface area contributed by atoms with E-state index in [1.54, 1.807) is 0 Å². The summed E-state index contributed by atoms with van der Waals surface area (Å²) in [6.45, 7) is 4.82. The Hall–Kier alpha value is -3.15. The van der Waals surface area contributed by atoms with Crippen molar-refractivity contribution in [3.63, 3.8) is 0 Å². The van der Waals surface area contributed by atoms with Gasteiger partial charge in [0.25, 0.3) is 0 Å². The first-order valence-corrected chi connectivity index (χ1v) is 8.48. The Bertz CT molecular complexity index is 770. The summed E-state index contributed by atoms with van der Waals surface area (Å²) in [5, 5.41) is 6.32. The Balaban J connectivity index is 1.94. The van der Waals surface area contributed by atoms with Gasteiger partial charge in [0.15, 0.2) is 0 Å². The minimum atomic E-state index is -0.798. The van der Waals surface area contributed by atoms with Crippen molar-refractivity contribution in [1.29, 1.82) is 0 Å². The van der Waals surface area contributed by atoms with E-state index in [1.807, 2.05) is 62.4 Å². The van der Waals surface area contributed by atoms with Crippen LogP contribution in [-0.4, -0.2) is 24.6 Å². The zero-order chi connectivity index (χ0) is 18.8. The molecule has 0 aliphatic rings. The van der Waals surface area contributed by atoms with Crippen molar-refractivity contribution >= 4 is 18.0 Å². The van der Waals surface area contributed by atoms with Gasteiger partial charge in [-0.2, -0.15) is 5.10 Å². The molecular weight excluding hydrogens is 330 g/mol. The van der Waals surface area contributed by atoms with Gasteiger partial charge in [-0.3, -0.25) is 9.59 Å². The van der Waals surface area contributed by atoms with E-state index in [0.717, 1.165) is 12.0 Å². The van der Waals surface area contributed by atoms with Crippen molar-refractivity contribution in [2.45, 2.75) is 26.9 Å². The van der Waals surface area contributed by atoms with Crippen molar-refractivity contribution in [2.24, 2.45) is 5.10 Å². The van der Waals surface area contributed by atoms with Gasteiger partial charge in [0.05, 0.1) is 6.21 Å². The van der Waals surface area contributed by atoms with Gasteiger partial charge in [-0.1, -0.05) is 48.9 Å². The lowest BCUT2D eigenvalue weighted by molar-refractivity contribution is -0.139. The SMILES string of the molecule is CCCNC(=O)C(=O)N/N=C\c1ccccc1OCc1ccc(C)cc1. The monoisotopic (exact) mass is 353 g/mol. The molecule has 0 aliphatic heterocycles. The van der Waals surface area contributed by atoms with Crippen LogP contribution in [0.25, 0.3) is 0 Å². The van der Waals surface area contributed by atoms with E-state index in [4.69, 9.17) is 4.74 Å². The van der Waals surface area contributed by atoms with Gasteiger partial charge < -0.3 is 10.1 Å². The highest BCUT2D eigenvalue weighted by Crippen LogP contribution is 2.17. The number of para-hydroxylation sites is 1. The van der Waals surface area contributed by atoms with Gasteiger partial charge in [0, 0.05) is 12.1 Å². The summed E-state index contributed by atoms with van der Waals surface area (Å²) in [7, 11) is 0. The smallest absolute Gasteiger partial charge is 0.329 e. The molecule has 0 saturated heterocycles. The Morgan fingerprint density at radius 3 is 2.54 bits per heavy atom. The topological polar surface area (TPSA) is 79.8 Å². The van der Waals surface area contributed by atoms with Gasteiger partial charge >= 0.3 is 11.8 Å². The number of rotatable bonds is 7. The molecule has 0 bridgehead atoms. The van der Waals surface area contributed by atoms with Crippen molar-refractivity contribution in [1.82, 2.24) is 10.7 Å². The molecule has 0 aromatic heterocycles. The minimum Gasteiger partial charge on any atom is -0.488 e. The highest BCUT2D eigenvalue weighted by atomic mass is 16.5. The number of hydrogen-bond donors (Lipinski definition) is 2. The Morgan fingerprint density at radius 1 is 1.08 bits per heavy atom. The van der Waals surface area contributed by atoms with Crippen molar-refractivity contribution in [2.75, 3.05) is 6.54 Å². The largest absolute Gasteiger partial charge is 0.488 e. The number of hydrazone groups is 1. The Labute approximate surface area is 153 Å². The first kappa shape index (κ1) is 19.2. The third-order valence-corrected chi connectivity index (χ3v) is 3.55. The molecule has 2 aromatic rings. The van der Waals surface area contributed by atoms with Crippen LogP contribution < -0.4 is 15.5 Å². The summed E-state index contributed by atoms with van der Waals surface area (Å²) in [4.78, 5) is 23.1. The molecule has 136 valence electrons. The maximum atomic E-state index is 11.6. The van der Waals surface area contributed by atoms with Gasteiger partial charge in [-0.15, -0.1) is 0 Å². The number of carbonyl (C=O) groups excluding carboxylic acids is 2. The zero-order valence-electron chi connectivity index (χ0n) is 15.0. The molecular formula is C20H23N3O3. The molecule has 6 nitrogen and oxygen atoms in total. The van der Waals surface area contributed by atoms with Gasteiger partial charge in [-0.25, -0.2) is 5.43 Å². The number of nitrogens with zero attached hydrogens (tertiary/aromatic N) is 1. The zero-order valence-corrected chi connectivity index (χ0v) is 15.0. The van der Waals surface area contributed by atoms with E-state index >= 15 is 0 Å². The third-order valence-electron chi connectivity index (χ3n) is 3.55. The average Bonchev–Trinajstić information content (AvgIpc) is 2.66. The van der Waals surface area contributed by atoms with E-state index < -0.39 is 11.8 Å². The molecule has 0 fully saturated rings. The van der Waals surface area contributed by atoms with Crippen LogP contribution in [-0.2, 0) is 16.2 Å². The van der Waals surface area contributed by atoms with Crippen LogP contribution in [0.2, 0.25) is 0 Å². The highest BCUT2D eigenvalue weighted by Gasteiger charge is 2.11. The normalized spacial score (nSPS) is 10.5. The van der Waals surface area contributed by atoms with E-state index in [0.29, 0.717) is 24.5 Å². The molecule has 2 N–H and O–H groups in total. The summed E-state index contributed by atoms with van der Waals surface area (Å²) in [5.74, 6) is -0.859. The van der Waals surface area contributed by atoms with E-state index in [2.05, 4.69) is 15.8 Å². The van der Waals surface area contributed by atoms with Crippen LogP contribution in [0.3, 0.4) is 0 Å². The number of aryl methyl sites for hydroxylation is 1. The molecule has 0 atom stereocenters.